The zero-order valence-corrected chi connectivity index (χ0v) is 52.6. The predicted octanol–water partition coefficient (Wildman–Crippen LogP) is 23.4. The van der Waals surface area contributed by atoms with Crippen LogP contribution in [0.5, 0.6) is 0 Å². The fourth-order valence-corrected chi connectivity index (χ4v) is 9.41. The van der Waals surface area contributed by atoms with Crippen molar-refractivity contribution in [3.8, 4) is 0 Å². The van der Waals surface area contributed by atoms with Gasteiger partial charge in [-0.3, -0.25) is 14.4 Å². The van der Waals surface area contributed by atoms with Crippen LogP contribution < -0.4 is 0 Å². The molecule has 0 fully saturated rings. The first-order chi connectivity index (χ1) is 39.5. The van der Waals surface area contributed by atoms with Gasteiger partial charge >= 0.3 is 17.9 Å². The quantitative estimate of drug-likeness (QED) is 0.0261. The van der Waals surface area contributed by atoms with E-state index in [-0.39, 0.29) is 31.1 Å². The van der Waals surface area contributed by atoms with E-state index in [1.54, 1.807) is 0 Å². The van der Waals surface area contributed by atoms with Gasteiger partial charge < -0.3 is 14.2 Å². The van der Waals surface area contributed by atoms with Crippen LogP contribution in [0.25, 0.3) is 0 Å². The van der Waals surface area contributed by atoms with E-state index in [2.05, 4.69) is 130 Å². The summed E-state index contributed by atoms with van der Waals surface area (Å²) in [5, 5.41) is 0. The third kappa shape index (κ3) is 64.9. The Morgan fingerprint density at radius 2 is 0.487 bits per heavy atom. The first-order valence-electron chi connectivity index (χ1n) is 33.9. The van der Waals surface area contributed by atoms with Gasteiger partial charge in [0.1, 0.15) is 13.2 Å². The molecule has 0 aliphatic carbocycles. The number of allylic oxidation sites excluding steroid dienone is 18. The normalized spacial score (nSPS) is 12.8. The molecule has 0 aliphatic heterocycles. The SMILES string of the molecule is CC/C=C\C/C=C\C/C=C\C/C=C\C/C=C\C/C=C\CCCCCCC(=O)OC(COC(=O)CCCCCCC/C=C\CCCCC)COC(=O)CCCCCCCCCCCCCCCCC/C=C\C/C=C\CCCCCCC. The fraction of sp³-hybridized carbons (Fsp3) is 0.716. The Kier molecular flexibility index (Phi) is 64.3. The van der Waals surface area contributed by atoms with Crippen molar-refractivity contribution in [2.24, 2.45) is 0 Å². The zero-order valence-electron chi connectivity index (χ0n) is 52.6. The van der Waals surface area contributed by atoms with E-state index >= 15 is 0 Å². The van der Waals surface area contributed by atoms with Crippen molar-refractivity contribution in [1.29, 1.82) is 0 Å². The number of ether oxygens (including phenoxy) is 3. The maximum atomic E-state index is 12.9. The Hall–Kier alpha value is -3.93. The van der Waals surface area contributed by atoms with E-state index in [1.807, 2.05) is 0 Å². The molecule has 80 heavy (non-hydrogen) atoms. The summed E-state index contributed by atoms with van der Waals surface area (Å²) in [6.45, 7) is 6.49. The van der Waals surface area contributed by atoms with Gasteiger partial charge in [0.25, 0.3) is 0 Å². The van der Waals surface area contributed by atoms with Crippen LogP contribution in [0.2, 0.25) is 0 Å². The smallest absolute Gasteiger partial charge is 0.306 e. The van der Waals surface area contributed by atoms with Crippen molar-refractivity contribution < 1.29 is 28.6 Å². The summed E-state index contributed by atoms with van der Waals surface area (Å²) < 4.78 is 16.9. The molecule has 0 saturated heterocycles. The molecule has 1 unspecified atom stereocenters. The lowest BCUT2D eigenvalue weighted by atomic mass is 10.0. The molecule has 0 radical (unpaired) electrons. The lowest BCUT2D eigenvalue weighted by molar-refractivity contribution is -0.167. The second-order valence-corrected chi connectivity index (χ2v) is 22.3. The molecular formula is C74H126O6. The Bertz CT molecular complexity index is 1610. The van der Waals surface area contributed by atoms with Gasteiger partial charge in [-0.05, 0) is 128 Å². The number of rotatable bonds is 61. The molecule has 6 heteroatoms. The fourth-order valence-electron chi connectivity index (χ4n) is 9.41. The molecule has 0 aromatic rings. The molecule has 0 heterocycles. The van der Waals surface area contributed by atoms with Crippen LogP contribution in [0.4, 0.5) is 0 Å². The van der Waals surface area contributed by atoms with E-state index in [9.17, 15) is 14.4 Å². The molecule has 0 aromatic carbocycles. The van der Waals surface area contributed by atoms with Crippen LogP contribution in [0, 0.1) is 0 Å². The lowest BCUT2D eigenvalue weighted by Crippen LogP contribution is -2.30. The minimum absolute atomic E-state index is 0.0908. The van der Waals surface area contributed by atoms with Gasteiger partial charge in [0.05, 0.1) is 0 Å². The molecule has 0 aromatic heterocycles. The summed E-state index contributed by atoms with van der Waals surface area (Å²) in [7, 11) is 0. The van der Waals surface area contributed by atoms with E-state index in [4.69, 9.17) is 14.2 Å². The maximum absolute atomic E-state index is 12.9. The highest BCUT2D eigenvalue weighted by Crippen LogP contribution is 2.16. The maximum Gasteiger partial charge on any atom is 0.306 e. The van der Waals surface area contributed by atoms with Crippen molar-refractivity contribution in [3.05, 3.63) is 109 Å². The van der Waals surface area contributed by atoms with E-state index in [0.29, 0.717) is 19.3 Å². The monoisotopic (exact) mass is 1110 g/mol. The summed E-state index contributed by atoms with van der Waals surface area (Å²) in [4.78, 5) is 38.3. The minimum atomic E-state index is -0.798. The van der Waals surface area contributed by atoms with Gasteiger partial charge in [-0.25, -0.2) is 0 Å². The highest BCUT2D eigenvalue weighted by atomic mass is 16.6. The molecule has 0 rings (SSSR count). The molecule has 0 saturated carbocycles. The van der Waals surface area contributed by atoms with Gasteiger partial charge in [-0.15, -0.1) is 0 Å². The highest BCUT2D eigenvalue weighted by Gasteiger charge is 2.19. The first-order valence-corrected chi connectivity index (χ1v) is 33.9. The van der Waals surface area contributed by atoms with Crippen LogP contribution in [0.15, 0.2) is 109 Å². The van der Waals surface area contributed by atoms with Crippen molar-refractivity contribution in [2.75, 3.05) is 13.2 Å². The Morgan fingerprint density at radius 1 is 0.263 bits per heavy atom. The van der Waals surface area contributed by atoms with E-state index < -0.39 is 6.10 Å². The number of carbonyl (C=O) groups is 3. The average Bonchev–Trinajstić information content (AvgIpc) is 3.46. The zero-order chi connectivity index (χ0) is 57.8. The van der Waals surface area contributed by atoms with Crippen LogP contribution in [-0.4, -0.2) is 37.2 Å². The molecule has 0 amide bonds. The summed E-state index contributed by atoms with van der Waals surface area (Å²) >= 11 is 0. The Morgan fingerprint density at radius 3 is 0.800 bits per heavy atom. The summed E-state index contributed by atoms with van der Waals surface area (Å²) in [6, 6.07) is 0. The minimum Gasteiger partial charge on any atom is -0.462 e. The third-order valence-electron chi connectivity index (χ3n) is 14.5. The van der Waals surface area contributed by atoms with Crippen molar-refractivity contribution in [3.63, 3.8) is 0 Å². The Balaban J connectivity index is 4.32. The highest BCUT2D eigenvalue weighted by molar-refractivity contribution is 5.71. The number of hydrogen-bond donors (Lipinski definition) is 0. The third-order valence-corrected chi connectivity index (χ3v) is 14.5. The molecule has 0 spiro atoms. The molecular weight excluding hydrogens is 985 g/mol. The van der Waals surface area contributed by atoms with Crippen LogP contribution in [-0.2, 0) is 28.6 Å². The number of unbranched alkanes of at least 4 members (excludes halogenated alkanes) is 32. The van der Waals surface area contributed by atoms with Crippen LogP contribution in [0.1, 0.15) is 323 Å². The Labute approximate surface area is 495 Å². The molecule has 458 valence electrons. The lowest BCUT2D eigenvalue weighted by Gasteiger charge is -2.18. The topological polar surface area (TPSA) is 78.9 Å². The van der Waals surface area contributed by atoms with E-state index in [0.717, 1.165) is 122 Å². The summed E-state index contributed by atoms with van der Waals surface area (Å²) in [6.07, 6.45) is 92.5. The van der Waals surface area contributed by atoms with Crippen molar-refractivity contribution in [2.45, 2.75) is 329 Å². The number of esters is 3. The van der Waals surface area contributed by atoms with E-state index in [1.165, 1.54) is 161 Å². The van der Waals surface area contributed by atoms with Gasteiger partial charge in [-0.1, -0.05) is 284 Å². The predicted molar refractivity (Wildman–Crippen MR) is 348 cm³/mol. The molecule has 0 N–H and O–H groups in total. The molecule has 1 atom stereocenters. The van der Waals surface area contributed by atoms with Crippen LogP contribution >= 0.6 is 0 Å². The second-order valence-electron chi connectivity index (χ2n) is 22.3. The first kappa shape index (κ1) is 76.1. The van der Waals surface area contributed by atoms with Crippen molar-refractivity contribution >= 4 is 17.9 Å². The van der Waals surface area contributed by atoms with Gasteiger partial charge in [0.15, 0.2) is 6.10 Å². The molecule has 0 aliphatic rings. The van der Waals surface area contributed by atoms with Gasteiger partial charge in [0.2, 0.25) is 0 Å². The van der Waals surface area contributed by atoms with Crippen molar-refractivity contribution in [1.82, 2.24) is 0 Å². The summed E-state index contributed by atoms with van der Waals surface area (Å²) in [5.41, 5.74) is 0. The number of hydrogen-bond acceptors (Lipinski definition) is 6. The number of carbonyl (C=O) groups excluding carboxylic acids is 3. The van der Waals surface area contributed by atoms with Gasteiger partial charge in [-0.2, -0.15) is 0 Å². The molecule has 6 nitrogen and oxygen atoms in total. The standard InChI is InChI=1S/C74H126O6/c1-4-7-10-13-16-19-22-25-27-29-31-33-35-36-37-38-40-41-43-45-47-49-52-55-58-61-64-67-73(76)79-70-71(69-78-72(75)66-63-60-57-54-51-24-21-18-15-12-9-6-3)80-74(77)68-65-62-59-56-53-50-48-46-44-42-39-34-32-30-28-26-23-20-17-14-11-8-5-2/h8,11,17-18,20-22,25-26,28-29,31-32,34,42,44,48,50,71H,4-7,9-10,12-16,19,23-24,27,30,33,35-41,43,45-47,49,51-70H2,1-3H3/b11-8-,20-17-,21-18-,25-22-,28-26-,31-29-,34-32-,44-42-,50-48-. The molecule has 0 bridgehead atoms. The van der Waals surface area contributed by atoms with Gasteiger partial charge in [0, 0.05) is 19.3 Å². The summed E-state index contributed by atoms with van der Waals surface area (Å²) in [5.74, 6) is -0.917. The van der Waals surface area contributed by atoms with Crippen LogP contribution in [0.3, 0.4) is 0 Å². The average molecular weight is 1110 g/mol. The largest absolute Gasteiger partial charge is 0.462 e. The second kappa shape index (κ2) is 67.6.